The molecule has 5 rings (SSSR count). The molecule has 2 aliphatic heterocycles. The molecule has 2 unspecified atom stereocenters. The Morgan fingerprint density at radius 1 is 1.12 bits per heavy atom. The molecule has 3 fully saturated rings. The molecule has 168 valence electrons. The maximum Gasteiger partial charge on any atom is 0.267 e. The molecule has 32 heavy (non-hydrogen) atoms. The Hall–Kier alpha value is -2.19. The van der Waals surface area contributed by atoms with Crippen LogP contribution in [0, 0.1) is 11.8 Å². The minimum absolute atomic E-state index is 0.0733. The number of carbonyl (C=O) groups excluding carboxylic acids is 1. The number of rotatable bonds is 3. The summed E-state index contributed by atoms with van der Waals surface area (Å²) in [6.07, 6.45) is 8.89. The second kappa shape index (κ2) is 8.63. The number of pyridine rings is 1. The first-order valence-electron chi connectivity index (χ1n) is 11.5. The Labute approximate surface area is 197 Å². The van der Waals surface area contributed by atoms with Crippen molar-refractivity contribution in [1.82, 2.24) is 14.3 Å². The van der Waals surface area contributed by atoms with Gasteiger partial charge in [-0.3, -0.25) is 18.9 Å². The molecular weight excluding hydrogens is 440 g/mol. The minimum Gasteiger partial charge on any atom is -0.355 e. The Balaban J connectivity index is 1.61. The summed E-state index contributed by atoms with van der Waals surface area (Å²) in [4.78, 5) is 36.2. The third-order valence-electron chi connectivity index (χ3n) is 6.71. The third-order valence-corrected chi connectivity index (χ3v) is 8.04. The molecule has 2 atom stereocenters. The second-order valence-electron chi connectivity index (χ2n) is 9.42. The zero-order valence-corrected chi connectivity index (χ0v) is 20.1. The van der Waals surface area contributed by atoms with Gasteiger partial charge in [0.25, 0.3) is 11.5 Å². The van der Waals surface area contributed by atoms with Crippen molar-refractivity contribution in [2.45, 2.75) is 52.0 Å². The van der Waals surface area contributed by atoms with Crippen molar-refractivity contribution in [1.29, 1.82) is 0 Å². The molecule has 0 N–H and O–H groups in total. The molecule has 8 heteroatoms. The lowest BCUT2D eigenvalue weighted by Gasteiger charge is -2.36. The van der Waals surface area contributed by atoms with E-state index in [0.29, 0.717) is 38.1 Å². The zero-order valence-electron chi connectivity index (χ0n) is 18.5. The largest absolute Gasteiger partial charge is 0.355 e. The Kier molecular flexibility index (Phi) is 5.84. The quantitative estimate of drug-likeness (QED) is 0.494. The van der Waals surface area contributed by atoms with E-state index in [1.807, 2.05) is 18.2 Å². The molecule has 3 aliphatic rings. The Morgan fingerprint density at radius 2 is 1.84 bits per heavy atom. The Morgan fingerprint density at radius 3 is 2.56 bits per heavy atom. The van der Waals surface area contributed by atoms with Gasteiger partial charge in [-0.05, 0) is 49.3 Å². The normalized spacial score (nSPS) is 26.1. The van der Waals surface area contributed by atoms with Gasteiger partial charge in [0.1, 0.15) is 15.8 Å². The van der Waals surface area contributed by atoms with Crippen molar-refractivity contribution in [3.8, 4) is 0 Å². The summed E-state index contributed by atoms with van der Waals surface area (Å²) in [6.45, 7) is 6.18. The smallest absolute Gasteiger partial charge is 0.267 e. The van der Waals surface area contributed by atoms with Crippen LogP contribution in [0.15, 0.2) is 34.1 Å². The molecular formula is C24H28N4O2S2. The molecule has 1 amide bonds. The van der Waals surface area contributed by atoms with Crippen molar-refractivity contribution >= 4 is 51.7 Å². The lowest BCUT2D eigenvalue weighted by atomic mass is 9.91. The fourth-order valence-electron chi connectivity index (χ4n) is 5.38. The van der Waals surface area contributed by atoms with Gasteiger partial charge in [0.15, 0.2) is 0 Å². The van der Waals surface area contributed by atoms with Gasteiger partial charge in [-0.1, -0.05) is 56.7 Å². The van der Waals surface area contributed by atoms with Crippen LogP contribution in [0.4, 0.5) is 5.82 Å². The molecule has 0 aromatic carbocycles. The molecule has 0 radical (unpaired) electrons. The number of amides is 1. The topological polar surface area (TPSA) is 57.9 Å². The van der Waals surface area contributed by atoms with Crippen molar-refractivity contribution < 1.29 is 4.79 Å². The van der Waals surface area contributed by atoms with E-state index in [1.54, 1.807) is 21.6 Å². The SMILES string of the molecule is CC1CC(C)CN(c2nc3ccccn3c(=O)c2C=C2SC(=S)N(C3CCCC3)C2=O)C1. The van der Waals surface area contributed by atoms with Gasteiger partial charge < -0.3 is 4.90 Å². The van der Waals surface area contributed by atoms with Crippen LogP contribution in [0.25, 0.3) is 11.7 Å². The van der Waals surface area contributed by atoms with E-state index >= 15 is 0 Å². The highest BCUT2D eigenvalue weighted by Gasteiger charge is 2.38. The average Bonchev–Trinajstić information content (AvgIpc) is 3.37. The van der Waals surface area contributed by atoms with Gasteiger partial charge in [0.05, 0.1) is 10.5 Å². The van der Waals surface area contributed by atoms with Gasteiger partial charge in [-0.25, -0.2) is 4.98 Å². The summed E-state index contributed by atoms with van der Waals surface area (Å²) in [7, 11) is 0. The summed E-state index contributed by atoms with van der Waals surface area (Å²) in [6, 6.07) is 5.75. The van der Waals surface area contributed by atoms with Gasteiger partial charge in [0.2, 0.25) is 0 Å². The van der Waals surface area contributed by atoms with Crippen LogP contribution in [-0.4, -0.2) is 43.6 Å². The highest BCUT2D eigenvalue weighted by Crippen LogP contribution is 2.38. The summed E-state index contributed by atoms with van der Waals surface area (Å²) in [5, 5.41) is 0. The average molecular weight is 469 g/mol. The molecule has 4 heterocycles. The van der Waals surface area contributed by atoms with E-state index in [9.17, 15) is 9.59 Å². The fourth-order valence-corrected chi connectivity index (χ4v) is 6.76. The summed E-state index contributed by atoms with van der Waals surface area (Å²) in [5.41, 5.74) is 0.943. The lowest BCUT2D eigenvalue weighted by molar-refractivity contribution is -0.123. The van der Waals surface area contributed by atoms with Crippen LogP contribution in [0.1, 0.15) is 51.5 Å². The molecule has 2 aromatic rings. The van der Waals surface area contributed by atoms with Crippen LogP contribution >= 0.6 is 24.0 Å². The van der Waals surface area contributed by atoms with Crippen molar-refractivity contribution in [3.05, 3.63) is 45.2 Å². The summed E-state index contributed by atoms with van der Waals surface area (Å²) >= 11 is 6.87. The van der Waals surface area contributed by atoms with Crippen molar-refractivity contribution in [3.63, 3.8) is 0 Å². The standard InChI is InChI=1S/C24H28N4O2S2/c1-15-11-16(2)14-26(13-15)21-18(22(29)27-10-6-5-9-20(27)25-21)12-19-23(30)28(24(31)32-19)17-7-3-4-8-17/h5-6,9-10,12,15-17H,3-4,7-8,11,13-14H2,1-2H3. The number of piperidine rings is 1. The van der Waals surface area contributed by atoms with E-state index in [-0.39, 0.29) is 17.5 Å². The van der Waals surface area contributed by atoms with E-state index in [2.05, 4.69) is 18.7 Å². The first kappa shape index (κ1) is 21.6. The van der Waals surface area contributed by atoms with Gasteiger partial charge in [0, 0.05) is 25.3 Å². The zero-order chi connectivity index (χ0) is 22.4. The second-order valence-corrected chi connectivity index (χ2v) is 11.1. The minimum atomic E-state index is -0.150. The number of anilines is 1. The number of carbonyl (C=O) groups is 1. The highest BCUT2D eigenvalue weighted by atomic mass is 32.2. The molecule has 2 saturated heterocycles. The van der Waals surface area contributed by atoms with Crippen LogP contribution in [-0.2, 0) is 4.79 Å². The molecule has 0 bridgehead atoms. The number of thioether (sulfide) groups is 1. The van der Waals surface area contributed by atoms with E-state index < -0.39 is 0 Å². The van der Waals surface area contributed by atoms with E-state index in [1.165, 1.54) is 18.2 Å². The predicted molar refractivity (Wildman–Crippen MR) is 134 cm³/mol. The fraction of sp³-hybridized carbons (Fsp3) is 0.500. The van der Waals surface area contributed by atoms with Crippen LogP contribution < -0.4 is 10.5 Å². The molecule has 6 nitrogen and oxygen atoms in total. The van der Waals surface area contributed by atoms with Crippen molar-refractivity contribution in [2.24, 2.45) is 11.8 Å². The van der Waals surface area contributed by atoms with E-state index in [0.717, 1.165) is 38.8 Å². The number of hydrogen-bond acceptors (Lipinski definition) is 6. The Bertz CT molecular complexity index is 1160. The van der Waals surface area contributed by atoms with E-state index in [4.69, 9.17) is 17.2 Å². The lowest BCUT2D eigenvalue weighted by Crippen LogP contribution is -2.40. The molecule has 0 spiro atoms. The highest BCUT2D eigenvalue weighted by molar-refractivity contribution is 8.26. The van der Waals surface area contributed by atoms with Gasteiger partial charge >= 0.3 is 0 Å². The van der Waals surface area contributed by atoms with Gasteiger partial charge in [-0.2, -0.15) is 0 Å². The number of aromatic nitrogens is 2. The first-order chi connectivity index (χ1) is 15.4. The monoisotopic (exact) mass is 468 g/mol. The summed E-state index contributed by atoms with van der Waals surface area (Å²) in [5.74, 6) is 1.63. The maximum atomic E-state index is 13.6. The first-order valence-corrected chi connectivity index (χ1v) is 12.7. The molecule has 1 aliphatic carbocycles. The summed E-state index contributed by atoms with van der Waals surface area (Å²) < 4.78 is 2.16. The van der Waals surface area contributed by atoms with Crippen LogP contribution in [0.5, 0.6) is 0 Å². The van der Waals surface area contributed by atoms with Crippen LogP contribution in [0.2, 0.25) is 0 Å². The predicted octanol–water partition coefficient (Wildman–Crippen LogP) is 4.32. The number of hydrogen-bond donors (Lipinski definition) is 0. The maximum absolute atomic E-state index is 13.6. The molecule has 1 saturated carbocycles. The number of thiocarbonyl (C=S) groups is 1. The molecule has 2 aromatic heterocycles. The number of nitrogens with zero attached hydrogens (tertiary/aromatic N) is 4. The number of fused-ring (bicyclic) bond motifs is 1. The van der Waals surface area contributed by atoms with Gasteiger partial charge in [-0.15, -0.1) is 0 Å². The third kappa shape index (κ3) is 3.88. The van der Waals surface area contributed by atoms with Crippen molar-refractivity contribution in [2.75, 3.05) is 18.0 Å². The van der Waals surface area contributed by atoms with Crippen LogP contribution in [0.3, 0.4) is 0 Å².